The Morgan fingerprint density at radius 2 is 1.86 bits per heavy atom. The van der Waals surface area contributed by atoms with Crippen molar-refractivity contribution in [2.75, 3.05) is 12.4 Å². The highest BCUT2D eigenvalue weighted by Crippen LogP contribution is 2.40. The third-order valence-electron chi connectivity index (χ3n) is 5.55. The molecule has 36 heavy (non-hydrogen) atoms. The molecule has 12 nitrogen and oxygen atoms in total. The lowest BCUT2D eigenvalue weighted by Crippen LogP contribution is -2.70. The number of ether oxygens (including phenoxy) is 1. The fourth-order valence-corrected chi connectivity index (χ4v) is 5.11. The number of hydrogen-bond acceptors (Lipinski definition) is 8. The molecule has 4 N–H and O–H groups in total. The number of benzene rings is 1. The summed E-state index contributed by atoms with van der Waals surface area (Å²) in [6, 6.07) is 6.00. The number of thioether (sulfide) groups is 1. The standard InChI is InChI=1S/C23H25N3O9S/c1-12(27)35-10-14-11-36-21-17(20(30)26(21)18(14)23(33)34)25-16(28)9-5-8-15(22(31)32)24-19(29)13-6-3-2-4-7-13/h2-4,6-7,15,17,21H,5,8-11H2,1H3,(H,24,29)(H,25,28)(H,31,32)(H,33,34)/t15?,17-,21-/m1/s1. The van der Waals surface area contributed by atoms with Crippen LogP contribution in [0.1, 0.15) is 36.5 Å². The predicted octanol–water partition coefficient (Wildman–Crippen LogP) is 0.342. The molecule has 2 heterocycles. The monoisotopic (exact) mass is 519 g/mol. The van der Waals surface area contributed by atoms with Crippen LogP contribution in [0, 0.1) is 0 Å². The summed E-state index contributed by atoms with van der Waals surface area (Å²) >= 11 is 1.24. The normalized spacial score (nSPS) is 19.5. The van der Waals surface area contributed by atoms with E-state index in [1.165, 1.54) is 18.7 Å². The molecular weight excluding hydrogens is 494 g/mol. The van der Waals surface area contributed by atoms with Gasteiger partial charge in [0.2, 0.25) is 5.91 Å². The van der Waals surface area contributed by atoms with Gasteiger partial charge >= 0.3 is 17.9 Å². The number of carbonyl (C=O) groups is 6. The number of fused-ring (bicyclic) bond motifs is 1. The first-order valence-electron chi connectivity index (χ1n) is 11.0. The Labute approximate surface area is 210 Å². The maximum atomic E-state index is 12.6. The molecule has 3 amide bonds. The number of nitrogens with one attached hydrogen (secondary N) is 2. The Balaban J connectivity index is 1.52. The third kappa shape index (κ3) is 6.22. The summed E-state index contributed by atoms with van der Waals surface area (Å²) in [5, 5.41) is 23.3. The number of hydrogen-bond donors (Lipinski definition) is 4. The van der Waals surface area contributed by atoms with Crippen molar-refractivity contribution in [2.24, 2.45) is 0 Å². The van der Waals surface area contributed by atoms with Crippen LogP contribution in [0.4, 0.5) is 0 Å². The molecule has 1 unspecified atom stereocenters. The Kier molecular flexibility index (Phi) is 8.69. The highest BCUT2D eigenvalue weighted by Gasteiger charge is 2.54. The van der Waals surface area contributed by atoms with Gasteiger partial charge in [0, 0.05) is 30.2 Å². The van der Waals surface area contributed by atoms with Gasteiger partial charge in [-0.2, -0.15) is 0 Å². The molecule has 13 heteroatoms. The lowest BCUT2D eigenvalue weighted by Gasteiger charge is -2.49. The number of esters is 1. The maximum Gasteiger partial charge on any atom is 0.352 e. The number of carboxylic acids is 2. The van der Waals surface area contributed by atoms with Gasteiger partial charge in [0.15, 0.2) is 0 Å². The van der Waals surface area contributed by atoms with Gasteiger partial charge in [0.05, 0.1) is 0 Å². The molecule has 3 atom stereocenters. The Morgan fingerprint density at radius 1 is 1.17 bits per heavy atom. The van der Waals surface area contributed by atoms with Crippen LogP contribution in [0.3, 0.4) is 0 Å². The van der Waals surface area contributed by atoms with Gasteiger partial charge in [-0.15, -0.1) is 11.8 Å². The summed E-state index contributed by atoms with van der Waals surface area (Å²) in [5.74, 6) is -4.59. The van der Waals surface area contributed by atoms with E-state index in [0.29, 0.717) is 5.56 Å². The number of nitrogens with zero attached hydrogens (tertiary/aromatic N) is 1. The van der Waals surface area contributed by atoms with Crippen molar-refractivity contribution in [1.82, 2.24) is 15.5 Å². The van der Waals surface area contributed by atoms with Gasteiger partial charge in [-0.3, -0.25) is 24.1 Å². The van der Waals surface area contributed by atoms with E-state index in [1.54, 1.807) is 30.3 Å². The Morgan fingerprint density at radius 3 is 2.47 bits per heavy atom. The first-order valence-corrected chi connectivity index (χ1v) is 12.1. The molecule has 3 rings (SSSR count). The third-order valence-corrected chi connectivity index (χ3v) is 6.89. The molecule has 0 aliphatic carbocycles. The first kappa shape index (κ1) is 26.7. The molecule has 0 bridgehead atoms. The van der Waals surface area contributed by atoms with E-state index >= 15 is 0 Å². The fourth-order valence-electron chi connectivity index (χ4n) is 3.78. The quantitative estimate of drug-likeness (QED) is 0.235. The lowest BCUT2D eigenvalue weighted by atomic mass is 10.0. The number of carbonyl (C=O) groups excluding carboxylic acids is 4. The van der Waals surface area contributed by atoms with Crippen LogP contribution in [-0.4, -0.2) is 80.6 Å². The summed E-state index contributed by atoms with van der Waals surface area (Å²) in [6.07, 6.45) is 0.0360. The van der Waals surface area contributed by atoms with Crippen LogP contribution in [0.5, 0.6) is 0 Å². The van der Waals surface area contributed by atoms with Gasteiger partial charge in [-0.1, -0.05) is 18.2 Å². The van der Waals surface area contributed by atoms with Crippen molar-refractivity contribution < 1.29 is 43.7 Å². The molecule has 1 saturated heterocycles. The van der Waals surface area contributed by atoms with E-state index in [0.717, 1.165) is 4.90 Å². The van der Waals surface area contributed by atoms with E-state index in [4.69, 9.17) is 4.74 Å². The van der Waals surface area contributed by atoms with Gasteiger partial charge in [0.25, 0.3) is 11.8 Å². The van der Waals surface area contributed by atoms with E-state index in [-0.39, 0.29) is 42.9 Å². The van der Waals surface area contributed by atoms with E-state index in [9.17, 15) is 39.0 Å². The lowest BCUT2D eigenvalue weighted by molar-refractivity contribution is -0.151. The van der Waals surface area contributed by atoms with Crippen molar-refractivity contribution in [3.63, 3.8) is 0 Å². The first-order chi connectivity index (χ1) is 17.1. The van der Waals surface area contributed by atoms with Crippen LogP contribution < -0.4 is 10.6 Å². The fraction of sp³-hybridized carbons (Fsp3) is 0.391. The highest BCUT2D eigenvalue weighted by molar-refractivity contribution is 8.00. The summed E-state index contributed by atoms with van der Waals surface area (Å²) in [4.78, 5) is 72.6. The van der Waals surface area contributed by atoms with E-state index in [2.05, 4.69) is 10.6 Å². The molecule has 1 fully saturated rings. The van der Waals surface area contributed by atoms with Crippen molar-refractivity contribution in [3.8, 4) is 0 Å². The number of rotatable bonds is 11. The predicted molar refractivity (Wildman–Crippen MR) is 126 cm³/mol. The summed E-state index contributed by atoms with van der Waals surface area (Å²) < 4.78 is 4.88. The van der Waals surface area contributed by atoms with E-state index in [1.807, 2.05) is 0 Å². The zero-order chi connectivity index (χ0) is 26.4. The smallest absolute Gasteiger partial charge is 0.352 e. The van der Waals surface area contributed by atoms with Crippen LogP contribution >= 0.6 is 11.8 Å². The molecule has 192 valence electrons. The molecular formula is C23H25N3O9S. The second-order valence-electron chi connectivity index (χ2n) is 8.12. The number of β-lactam (4-membered cyclic amide) rings is 1. The van der Waals surface area contributed by atoms with Gasteiger partial charge in [-0.05, 0) is 25.0 Å². The van der Waals surface area contributed by atoms with Crippen molar-refractivity contribution in [1.29, 1.82) is 0 Å². The zero-order valence-electron chi connectivity index (χ0n) is 19.3. The maximum absolute atomic E-state index is 12.6. The van der Waals surface area contributed by atoms with Crippen LogP contribution in [0.25, 0.3) is 0 Å². The van der Waals surface area contributed by atoms with E-state index < -0.39 is 53.1 Å². The molecule has 2 aliphatic heterocycles. The second-order valence-corrected chi connectivity index (χ2v) is 9.22. The minimum atomic E-state index is -1.34. The average Bonchev–Trinajstić information content (AvgIpc) is 2.84. The summed E-state index contributed by atoms with van der Waals surface area (Å²) in [5.41, 5.74) is 0.341. The zero-order valence-corrected chi connectivity index (χ0v) is 20.1. The Hall–Kier alpha value is -3.87. The molecule has 0 spiro atoms. The average molecular weight is 520 g/mol. The second kappa shape index (κ2) is 11.7. The van der Waals surface area contributed by atoms with Crippen molar-refractivity contribution in [3.05, 3.63) is 47.2 Å². The van der Waals surface area contributed by atoms with Crippen LogP contribution in [-0.2, 0) is 28.7 Å². The van der Waals surface area contributed by atoms with Crippen LogP contribution in [0.2, 0.25) is 0 Å². The van der Waals surface area contributed by atoms with Gasteiger partial charge in [-0.25, -0.2) is 9.59 Å². The molecule has 1 aromatic carbocycles. The minimum Gasteiger partial charge on any atom is -0.480 e. The number of carboxylic acid groups (broad SMARTS) is 2. The van der Waals surface area contributed by atoms with Gasteiger partial charge < -0.3 is 25.6 Å². The highest BCUT2D eigenvalue weighted by atomic mass is 32.2. The molecule has 2 aliphatic rings. The van der Waals surface area contributed by atoms with Gasteiger partial charge in [0.1, 0.15) is 29.8 Å². The minimum absolute atomic E-state index is 0.00431. The molecule has 0 aromatic heterocycles. The van der Waals surface area contributed by atoms with Crippen molar-refractivity contribution >= 4 is 47.4 Å². The molecule has 1 aromatic rings. The largest absolute Gasteiger partial charge is 0.480 e. The number of aliphatic carboxylic acids is 2. The summed E-state index contributed by atoms with van der Waals surface area (Å²) in [7, 11) is 0. The number of amides is 3. The molecule has 0 radical (unpaired) electrons. The molecule has 0 saturated carbocycles. The topological polar surface area (TPSA) is 179 Å². The SMILES string of the molecule is CC(=O)OCC1=C(C(=O)O)N2C(=O)[C@@H](NC(=O)CCCC(NC(=O)c3ccccc3)C(=O)O)[C@H]2SC1. The summed E-state index contributed by atoms with van der Waals surface area (Å²) in [6.45, 7) is 0.944. The van der Waals surface area contributed by atoms with Crippen LogP contribution in [0.15, 0.2) is 41.6 Å². The Bertz CT molecular complexity index is 1110. The van der Waals surface area contributed by atoms with Crippen molar-refractivity contribution in [2.45, 2.75) is 43.6 Å².